The minimum absolute atomic E-state index is 0.283. The molecule has 4 rings (SSSR count). The minimum Gasteiger partial charge on any atom is -0.508 e. The molecule has 0 spiro atoms. The molecule has 0 fully saturated rings. The van der Waals surface area contributed by atoms with Crippen LogP contribution in [0.15, 0.2) is 72.8 Å². The fraction of sp³-hybridized carbons (Fsp3) is 0.314. The van der Waals surface area contributed by atoms with Gasteiger partial charge in [0, 0.05) is 5.41 Å². The van der Waals surface area contributed by atoms with Gasteiger partial charge in [0.15, 0.2) is 0 Å². The lowest BCUT2D eigenvalue weighted by molar-refractivity contribution is 0.475. The van der Waals surface area contributed by atoms with Crippen LogP contribution in [0.4, 0.5) is 0 Å². The summed E-state index contributed by atoms with van der Waals surface area (Å²) < 4.78 is 0. The summed E-state index contributed by atoms with van der Waals surface area (Å²) in [5.74, 6) is 0.566. The number of phenols is 2. The van der Waals surface area contributed by atoms with Crippen molar-refractivity contribution in [1.29, 1.82) is 0 Å². The number of rotatable bonds is 8. The van der Waals surface area contributed by atoms with Crippen molar-refractivity contribution >= 4 is 0 Å². The molecule has 2 N–H and O–H groups in total. The predicted octanol–water partition coefficient (Wildman–Crippen LogP) is 9.01. The van der Waals surface area contributed by atoms with Crippen LogP contribution in [0.3, 0.4) is 0 Å². The minimum atomic E-state index is -0.301. The number of hydrogen-bond acceptors (Lipinski definition) is 2. The highest BCUT2D eigenvalue weighted by Crippen LogP contribution is 2.46. The lowest BCUT2D eigenvalue weighted by Gasteiger charge is -2.34. The second-order valence-electron chi connectivity index (χ2n) is 10.5. The van der Waals surface area contributed by atoms with Crippen LogP contribution >= 0.6 is 0 Å². The Hall–Kier alpha value is -3.52. The van der Waals surface area contributed by atoms with Gasteiger partial charge in [-0.15, -0.1) is 0 Å². The van der Waals surface area contributed by atoms with E-state index in [1.807, 2.05) is 24.3 Å². The average molecular weight is 493 g/mol. The highest BCUT2D eigenvalue weighted by molar-refractivity contribution is 5.79. The molecule has 2 heteroatoms. The van der Waals surface area contributed by atoms with Gasteiger partial charge in [0.2, 0.25) is 0 Å². The van der Waals surface area contributed by atoms with Crippen LogP contribution < -0.4 is 0 Å². The largest absolute Gasteiger partial charge is 0.508 e. The van der Waals surface area contributed by atoms with Crippen LogP contribution in [0, 0.1) is 0 Å². The van der Waals surface area contributed by atoms with Crippen molar-refractivity contribution in [1.82, 2.24) is 0 Å². The zero-order valence-corrected chi connectivity index (χ0v) is 23.2. The van der Waals surface area contributed by atoms with E-state index in [4.69, 9.17) is 0 Å². The standard InChI is InChI=1S/C35H40O2/c1-7-23-19-25(9-3)33(27-11-15-29(36)16-12-27)31(21-23)35(5,6)32-22-24(8-2)20-26(10-4)34(32)28-13-17-30(37)18-14-28/h11-22,36-37H,7-10H2,1-6H3. The first-order chi connectivity index (χ1) is 17.7. The third-order valence-electron chi connectivity index (χ3n) is 7.80. The first-order valence-electron chi connectivity index (χ1n) is 13.6. The first kappa shape index (κ1) is 26.5. The van der Waals surface area contributed by atoms with E-state index in [-0.39, 0.29) is 16.9 Å². The van der Waals surface area contributed by atoms with Crippen LogP contribution in [0.5, 0.6) is 11.5 Å². The molecule has 0 aliphatic carbocycles. The summed E-state index contributed by atoms with van der Waals surface area (Å²) in [5, 5.41) is 20.0. The third kappa shape index (κ3) is 5.16. The fourth-order valence-electron chi connectivity index (χ4n) is 5.57. The van der Waals surface area contributed by atoms with E-state index in [0.29, 0.717) is 0 Å². The maximum absolute atomic E-state index is 10.00. The molecule has 4 aromatic carbocycles. The molecule has 0 saturated carbocycles. The molecule has 0 amide bonds. The van der Waals surface area contributed by atoms with Gasteiger partial charge in [-0.1, -0.05) is 90.1 Å². The Morgan fingerprint density at radius 1 is 0.514 bits per heavy atom. The predicted molar refractivity (Wildman–Crippen MR) is 157 cm³/mol. The zero-order valence-electron chi connectivity index (χ0n) is 23.2. The maximum Gasteiger partial charge on any atom is 0.115 e. The van der Waals surface area contributed by atoms with E-state index in [9.17, 15) is 10.2 Å². The molecule has 0 atom stereocenters. The second-order valence-corrected chi connectivity index (χ2v) is 10.5. The second kappa shape index (κ2) is 10.8. The molecular weight excluding hydrogens is 452 g/mol. The number of aryl methyl sites for hydroxylation is 4. The molecule has 0 unspecified atom stereocenters. The monoisotopic (exact) mass is 492 g/mol. The SMILES string of the molecule is CCc1cc(CC)c(-c2ccc(O)cc2)c(C(C)(C)c2cc(CC)cc(CC)c2-c2ccc(O)cc2)c1. The van der Waals surface area contributed by atoms with Gasteiger partial charge in [-0.3, -0.25) is 0 Å². The van der Waals surface area contributed by atoms with Gasteiger partial charge in [0.25, 0.3) is 0 Å². The van der Waals surface area contributed by atoms with Crippen molar-refractivity contribution in [2.45, 2.75) is 72.6 Å². The number of phenolic OH excluding ortho intramolecular Hbond substituents is 2. The smallest absolute Gasteiger partial charge is 0.115 e. The Morgan fingerprint density at radius 2 is 0.865 bits per heavy atom. The van der Waals surface area contributed by atoms with E-state index in [1.165, 1.54) is 44.5 Å². The summed E-state index contributed by atoms with van der Waals surface area (Å²) in [7, 11) is 0. The Bertz CT molecular complexity index is 1270. The Morgan fingerprint density at radius 3 is 1.16 bits per heavy atom. The molecular formula is C35H40O2. The van der Waals surface area contributed by atoms with Gasteiger partial charge in [-0.2, -0.15) is 0 Å². The van der Waals surface area contributed by atoms with Crippen molar-refractivity contribution in [3.05, 3.63) is 106 Å². The Balaban J connectivity index is 2.09. The summed E-state index contributed by atoms with van der Waals surface area (Å²) in [6, 6.07) is 24.8. The quantitative estimate of drug-likeness (QED) is 0.258. The highest BCUT2D eigenvalue weighted by atomic mass is 16.3. The van der Waals surface area contributed by atoms with Crippen molar-refractivity contribution in [3.63, 3.8) is 0 Å². The van der Waals surface area contributed by atoms with E-state index < -0.39 is 0 Å². The zero-order chi connectivity index (χ0) is 26.7. The molecule has 0 aliphatic heterocycles. The summed E-state index contributed by atoms with van der Waals surface area (Å²) in [5.41, 5.74) is 12.5. The third-order valence-corrected chi connectivity index (χ3v) is 7.80. The van der Waals surface area contributed by atoms with Crippen LogP contribution in [0.1, 0.15) is 74.9 Å². The summed E-state index contributed by atoms with van der Waals surface area (Å²) in [6.45, 7) is 13.6. The Kier molecular flexibility index (Phi) is 7.78. The number of benzene rings is 4. The van der Waals surface area contributed by atoms with E-state index >= 15 is 0 Å². The summed E-state index contributed by atoms with van der Waals surface area (Å²) in [6.07, 6.45) is 3.83. The van der Waals surface area contributed by atoms with E-state index in [2.05, 4.69) is 65.8 Å². The number of hydrogen-bond donors (Lipinski definition) is 2. The van der Waals surface area contributed by atoms with Crippen molar-refractivity contribution < 1.29 is 10.2 Å². The van der Waals surface area contributed by atoms with Gasteiger partial charge in [-0.05, 0) is 106 Å². The van der Waals surface area contributed by atoms with E-state index in [1.54, 1.807) is 24.3 Å². The lowest BCUT2D eigenvalue weighted by Crippen LogP contribution is -2.23. The van der Waals surface area contributed by atoms with Crippen LogP contribution in [0.25, 0.3) is 22.3 Å². The van der Waals surface area contributed by atoms with Gasteiger partial charge < -0.3 is 10.2 Å². The molecule has 0 saturated heterocycles. The Labute approximate surface area is 222 Å². The fourth-order valence-corrected chi connectivity index (χ4v) is 5.57. The molecule has 192 valence electrons. The van der Waals surface area contributed by atoms with Gasteiger partial charge in [0.05, 0.1) is 0 Å². The van der Waals surface area contributed by atoms with Crippen molar-refractivity contribution in [2.24, 2.45) is 0 Å². The highest BCUT2D eigenvalue weighted by Gasteiger charge is 2.32. The average Bonchev–Trinajstić information content (AvgIpc) is 2.92. The van der Waals surface area contributed by atoms with Crippen LogP contribution in [-0.4, -0.2) is 10.2 Å². The van der Waals surface area contributed by atoms with Crippen LogP contribution in [-0.2, 0) is 31.1 Å². The van der Waals surface area contributed by atoms with Crippen LogP contribution in [0.2, 0.25) is 0 Å². The van der Waals surface area contributed by atoms with Crippen molar-refractivity contribution in [2.75, 3.05) is 0 Å². The molecule has 0 heterocycles. The molecule has 4 aromatic rings. The number of aromatic hydroxyl groups is 2. The van der Waals surface area contributed by atoms with Gasteiger partial charge in [0.1, 0.15) is 11.5 Å². The molecule has 0 aliphatic rings. The van der Waals surface area contributed by atoms with Gasteiger partial charge >= 0.3 is 0 Å². The molecule has 0 aromatic heterocycles. The molecule has 37 heavy (non-hydrogen) atoms. The molecule has 2 nitrogen and oxygen atoms in total. The van der Waals surface area contributed by atoms with E-state index in [0.717, 1.165) is 36.8 Å². The maximum atomic E-state index is 10.00. The lowest BCUT2D eigenvalue weighted by atomic mass is 9.69. The normalized spacial score (nSPS) is 11.6. The molecule has 0 bridgehead atoms. The topological polar surface area (TPSA) is 40.5 Å². The van der Waals surface area contributed by atoms with Crippen molar-refractivity contribution in [3.8, 4) is 33.8 Å². The molecule has 0 radical (unpaired) electrons. The summed E-state index contributed by atoms with van der Waals surface area (Å²) in [4.78, 5) is 0. The first-order valence-corrected chi connectivity index (χ1v) is 13.6. The van der Waals surface area contributed by atoms with Gasteiger partial charge in [-0.25, -0.2) is 0 Å². The summed E-state index contributed by atoms with van der Waals surface area (Å²) >= 11 is 0.